The Labute approximate surface area is 124 Å². The predicted octanol–water partition coefficient (Wildman–Crippen LogP) is 2.10. The van der Waals surface area contributed by atoms with Gasteiger partial charge in [0.15, 0.2) is 0 Å². The van der Waals surface area contributed by atoms with Gasteiger partial charge in [0, 0.05) is 35.6 Å². The Morgan fingerprint density at radius 2 is 1.58 bits per heavy atom. The third-order valence-corrected chi connectivity index (χ3v) is 3.13. The summed E-state index contributed by atoms with van der Waals surface area (Å²) in [6, 6.07) is 9.68. The topological polar surface area (TPSA) is 62.9 Å². The molecule has 2 heterocycles. The molecule has 0 spiro atoms. The molecule has 1 atom stereocenters. The zero-order chi connectivity index (χ0) is 14.0. The number of nitrogens with zero attached hydrogens (tertiary/aromatic N) is 1. The summed E-state index contributed by atoms with van der Waals surface area (Å²) < 4.78 is 22.5. The Morgan fingerprint density at radius 3 is 2.21 bits per heavy atom. The molecule has 4 nitrogen and oxygen atoms in total. The van der Waals surface area contributed by atoms with Crippen LogP contribution in [-0.4, -0.2) is 12.6 Å². The quantitative estimate of drug-likeness (QED) is 0.534. The van der Waals surface area contributed by atoms with E-state index >= 15 is 0 Å². The molecule has 19 heavy (non-hydrogen) atoms. The van der Waals surface area contributed by atoms with E-state index in [2.05, 4.69) is 49.1 Å². The number of para-hydroxylation sites is 1. The first-order chi connectivity index (χ1) is 8.95. The number of benzene rings is 1. The van der Waals surface area contributed by atoms with Crippen molar-refractivity contribution in [2.24, 2.45) is 0 Å². The standard InChI is InChI=1S/C11H13N.3CO.Cr/c1-2-6-11-9(4-1)8-10-5-3-7-12(10)11;3*1-2;/h1-2,4,6,10H,3,5,7-8H2;;;;. The molecule has 1 aromatic carbocycles. The van der Waals surface area contributed by atoms with E-state index in [1.54, 1.807) is 5.56 Å². The van der Waals surface area contributed by atoms with Gasteiger partial charge in [-0.2, -0.15) is 0 Å². The molecule has 0 saturated carbocycles. The number of hydrogen-bond acceptors (Lipinski definition) is 1. The number of hydrogen-bond donors (Lipinski definition) is 0. The fourth-order valence-corrected chi connectivity index (χ4v) is 2.58. The minimum absolute atomic E-state index is 0. The van der Waals surface area contributed by atoms with Crippen molar-refractivity contribution in [3.05, 3.63) is 49.8 Å². The van der Waals surface area contributed by atoms with Gasteiger partial charge in [0.1, 0.15) is 0 Å². The van der Waals surface area contributed by atoms with Gasteiger partial charge in [0.25, 0.3) is 0 Å². The summed E-state index contributed by atoms with van der Waals surface area (Å²) in [5.41, 5.74) is 3.06. The molecule has 5 heteroatoms. The average molecular weight is 295 g/mol. The summed E-state index contributed by atoms with van der Waals surface area (Å²) in [6.07, 6.45) is 4.07. The number of anilines is 1. The van der Waals surface area contributed by atoms with Crippen LogP contribution in [-0.2, 0) is 37.7 Å². The van der Waals surface area contributed by atoms with Gasteiger partial charge in [-0.25, -0.2) is 0 Å². The smallest absolute Gasteiger partial charge is 0.0402 e. The fourth-order valence-electron chi connectivity index (χ4n) is 2.58. The molecular formula is C14H13CrNO3. The van der Waals surface area contributed by atoms with E-state index in [0.717, 1.165) is 6.04 Å². The Kier molecular flexibility index (Phi) is 12.5. The second kappa shape index (κ2) is 11.8. The average Bonchev–Trinajstić information content (AvgIpc) is 3.06. The molecule has 1 unspecified atom stereocenters. The van der Waals surface area contributed by atoms with Crippen LogP contribution < -0.4 is 4.90 Å². The maximum Gasteiger partial charge on any atom is 0.0402 e. The van der Waals surface area contributed by atoms with Gasteiger partial charge in [-0.15, -0.1) is 0 Å². The van der Waals surface area contributed by atoms with E-state index in [4.69, 9.17) is 14.0 Å². The van der Waals surface area contributed by atoms with Crippen LogP contribution in [0.2, 0.25) is 0 Å². The van der Waals surface area contributed by atoms with E-state index < -0.39 is 0 Å². The Hall–Kier alpha value is -1.23. The van der Waals surface area contributed by atoms with Crippen LogP contribution in [0.15, 0.2) is 24.3 Å². The van der Waals surface area contributed by atoms with Gasteiger partial charge in [-0.05, 0) is 30.9 Å². The second-order valence-electron chi connectivity index (χ2n) is 3.82. The normalized spacial score (nSPS) is 16.5. The van der Waals surface area contributed by atoms with Crippen LogP contribution >= 0.6 is 0 Å². The summed E-state index contributed by atoms with van der Waals surface area (Å²) in [7, 11) is 0. The molecule has 0 aromatic heterocycles. The predicted molar refractivity (Wildman–Crippen MR) is 62.3 cm³/mol. The van der Waals surface area contributed by atoms with Gasteiger partial charge in [0.2, 0.25) is 0 Å². The Bertz CT molecular complexity index is 414. The Morgan fingerprint density at radius 1 is 1.00 bits per heavy atom. The van der Waals surface area contributed by atoms with Crippen molar-refractivity contribution in [2.45, 2.75) is 25.3 Å². The van der Waals surface area contributed by atoms with Crippen molar-refractivity contribution >= 4 is 5.69 Å². The van der Waals surface area contributed by atoms with Gasteiger partial charge in [-0.1, -0.05) is 18.2 Å². The van der Waals surface area contributed by atoms with Crippen molar-refractivity contribution in [3.63, 3.8) is 0 Å². The molecule has 1 fully saturated rings. The molecule has 0 aliphatic carbocycles. The summed E-state index contributed by atoms with van der Waals surface area (Å²) in [6.45, 7) is 14.8. The van der Waals surface area contributed by atoms with E-state index in [0.29, 0.717) is 0 Å². The molecule has 2 aliphatic heterocycles. The van der Waals surface area contributed by atoms with Crippen molar-refractivity contribution in [2.75, 3.05) is 11.4 Å². The van der Waals surface area contributed by atoms with Gasteiger partial charge >= 0.3 is 33.9 Å². The zero-order valence-electron chi connectivity index (χ0n) is 10.3. The third-order valence-electron chi connectivity index (χ3n) is 3.13. The van der Waals surface area contributed by atoms with Gasteiger partial charge < -0.3 is 4.90 Å². The van der Waals surface area contributed by atoms with Gasteiger partial charge in [-0.3, -0.25) is 0 Å². The van der Waals surface area contributed by atoms with E-state index in [1.165, 1.54) is 31.5 Å². The maximum atomic E-state index is 7.50. The van der Waals surface area contributed by atoms with Crippen LogP contribution in [0.25, 0.3) is 0 Å². The first kappa shape index (κ1) is 20.1. The SMILES string of the molecule is [C-]#[O+].[C-]#[O+].[C-]#[O+].[Cr].c1ccc2c(c1)CC1CCCN21. The van der Waals surface area contributed by atoms with E-state index in [1.807, 2.05) is 0 Å². The molecule has 3 rings (SSSR count). The largest absolute Gasteiger partial charge is 0.368 e. The van der Waals surface area contributed by atoms with Crippen LogP contribution in [0.1, 0.15) is 18.4 Å². The Balaban J connectivity index is 0. The van der Waals surface area contributed by atoms with Crippen molar-refractivity contribution in [1.29, 1.82) is 0 Å². The van der Waals surface area contributed by atoms with Crippen molar-refractivity contribution < 1.29 is 31.3 Å². The van der Waals surface area contributed by atoms with Crippen LogP contribution in [0.5, 0.6) is 0 Å². The minimum atomic E-state index is 0. The fraction of sp³-hybridized carbons (Fsp3) is 0.357. The molecule has 0 amide bonds. The summed E-state index contributed by atoms with van der Waals surface area (Å²) in [4.78, 5) is 2.58. The molecule has 98 valence electrons. The van der Waals surface area contributed by atoms with Crippen LogP contribution in [0, 0.1) is 20.0 Å². The molecule has 1 aromatic rings. The van der Waals surface area contributed by atoms with E-state index in [-0.39, 0.29) is 17.4 Å². The van der Waals surface area contributed by atoms with Crippen LogP contribution in [0.4, 0.5) is 5.69 Å². The number of fused-ring (bicyclic) bond motifs is 3. The first-order valence-electron chi connectivity index (χ1n) is 5.41. The second-order valence-corrected chi connectivity index (χ2v) is 3.82. The first-order valence-corrected chi connectivity index (χ1v) is 5.41. The maximum absolute atomic E-state index is 7.50. The van der Waals surface area contributed by atoms with Crippen molar-refractivity contribution in [1.82, 2.24) is 0 Å². The third kappa shape index (κ3) is 4.75. The molecule has 0 bridgehead atoms. The molecule has 0 radical (unpaired) electrons. The minimum Gasteiger partial charge on any atom is -0.368 e. The van der Waals surface area contributed by atoms with Gasteiger partial charge in [0.05, 0.1) is 0 Å². The molecule has 1 saturated heterocycles. The monoisotopic (exact) mass is 295 g/mol. The molecule has 2 aliphatic rings. The van der Waals surface area contributed by atoms with E-state index in [9.17, 15) is 0 Å². The summed E-state index contributed by atoms with van der Waals surface area (Å²) >= 11 is 0. The molecular weight excluding hydrogens is 282 g/mol. The van der Waals surface area contributed by atoms with Crippen LogP contribution in [0.3, 0.4) is 0 Å². The summed E-state index contributed by atoms with van der Waals surface area (Å²) in [5, 5.41) is 0. The molecule has 0 N–H and O–H groups in total. The summed E-state index contributed by atoms with van der Waals surface area (Å²) in [5.74, 6) is 0. The number of rotatable bonds is 0. The zero-order valence-corrected chi connectivity index (χ0v) is 11.6. The van der Waals surface area contributed by atoms with Crippen molar-refractivity contribution in [3.8, 4) is 0 Å².